The number of nitrogens with zero attached hydrogens (tertiary/aromatic N) is 2. The van der Waals surface area contributed by atoms with Gasteiger partial charge in [0.25, 0.3) is 5.56 Å². The Morgan fingerprint density at radius 1 is 1.45 bits per heavy atom. The largest absolute Gasteiger partial charge is 0.408 e. The summed E-state index contributed by atoms with van der Waals surface area (Å²) in [6.07, 6.45) is -1.62. The van der Waals surface area contributed by atoms with Crippen LogP contribution >= 0.6 is 15.9 Å². The lowest BCUT2D eigenvalue weighted by atomic mass is 10.3. The Bertz CT molecular complexity index is 491. The van der Waals surface area contributed by atoms with Crippen molar-refractivity contribution in [3.8, 4) is 0 Å². The molecule has 0 aliphatic carbocycles. The van der Waals surface area contributed by atoms with Gasteiger partial charge < -0.3 is 10.1 Å². The predicted octanol–water partition coefficient (Wildman–Crippen LogP) is 2.41. The van der Waals surface area contributed by atoms with Crippen molar-refractivity contribution in [2.75, 3.05) is 25.6 Å². The first-order valence-electron chi connectivity index (χ1n) is 5.90. The van der Waals surface area contributed by atoms with Gasteiger partial charge in [-0.2, -0.15) is 18.3 Å². The van der Waals surface area contributed by atoms with Crippen molar-refractivity contribution in [3.63, 3.8) is 0 Å². The summed E-state index contributed by atoms with van der Waals surface area (Å²) in [7, 11) is 1.61. The molecule has 20 heavy (non-hydrogen) atoms. The molecule has 0 aliphatic rings. The second-order valence-electron chi connectivity index (χ2n) is 4.08. The number of anilines is 1. The van der Waals surface area contributed by atoms with Crippen LogP contribution < -0.4 is 10.9 Å². The Balaban J connectivity index is 2.67. The van der Waals surface area contributed by atoms with Crippen molar-refractivity contribution in [1.82, 2.24) is 9.78 Å². The molecule has 0 spiro atoms. The minimum absolute atomic E-state index is 0.0449. The van der Waals surface area contributed by atoms with E-state index in [1.165, 1.54) is 6.20 Å². The van der Waals surface area contributed by atoms with Crippen LogP contribution in [0.4, 0.5) is 18.9 Å². The van der Waals surface area contributed by atoms with E-state index in [0.717, 1.165) is 12.8 Å². The normalized spacial score (nSPS) is 11.7. The number of hydrogen-bond donors (Lipinski definition) is 1. The van der Waals surface area contributed by atoms with E-state index in [0.29, 0.717) is 23.5 Å². The van der Waals surface area contributed by atoms with Crippen molar-refractivity contribution in [1.29, 1.82) is 0 Å². The van der Waals surface area contributed by atoms with Crippen molar-refractivity contribution in [2.24, 2.45) is 0 Å². The molecule has 1 aromatic heterocycles. The van der Waals surface area contributed by atoms with Crippen LogP contribution in [0.25, 0.3) is 0 Å². The second kappa shape index (κ2) is 7.63. The van der Waals surface area contributed by atoms with Crippen LogP contribution in [0.1, 0.15) is 12.8 Å². The molecule has 0 aliphatic heterocycles. The first kappa shape index (κ1) is 17.0. The van der Waals surface area contributed by atoms with Crippen LogP contribution in [0.3, 0.4) is 0 Å². The van der Waals surface area contributed by atoms with E-state index in [1.807, 2.05) is 0 Å². The molecule has 0 amide bonds. The highest BCUT2D eigenvalue weighted by atomic mass is 79.9. The molecule has 1 aromatic rings. The zero-order valence-corrected chi connectivity index (χ0v) is 12.4. The summed E-state index contributed by atoms with van der Waals surface area (Å²) < 4.78 is 42.0. The van der Waals surface area contributed by atoms with Gasteiger partial charge in [-0.25, -0.2) is 4.68 Å². The smallest absolute Gasteiger partial charge is 0.385 e. The third-order valence-corrected chi connectivity index (χ3v) is 3.17. The molecule has 0 saturated carbocycles. The molecule has 0 atom stereocenters. The zero-order chi connectivity index (χ0) is 15.2. The van der Waals surface area contributed by atoms with E-state index >= 15 is 0 Å². The first-order chi connectivity index (χ1) is 9.35. The summed E-state index contributed by atoms with van der Waals surface area (Å²) in [5, 5.41) is 6.45. The molecule has 0 bridgehead atoms. The fourth-order valence-corrected chi connectivity index (χ4v) is 1.91. The summed E-state index contributed by atoms with van der Waals surface area (Å²) in [5.41, 5.74) is -0.435. The van der Waals surface area contributed by atoms with Crippen LogP contribution in [0.15, 0.2) is 15.5 Å². The van der Waals surface area contributed by atoms with E-state index < -0.39 is 18.3 Å². The Morgan fingerprint density at radius 3 is 2.75 bits per heavy atom. The molecule has 114 valence electrons. The molecule has 0 aromatic carbocycles. The molecule has 1 N–H and O–H groups in total. The van der Waals surface area contributed by atoms with Crippen molar-refractivity contribution >= 4 is 21.6 Å². The SMILES string of the molecule is COCCCCNc1cnn(CC(F)(F)F)c(=O)c1Br. The number of halogens is 4. The van der Waals surface area contributed by atoms with Gasteiger partial charge >= 0.3 is 6.18 Å². The Kier molecular flexibility index (Phi) is 6.47. The van der Waals surface area contributed by atoms with E-state index in [9.17, 15) is 18.0 Å². The van der Waals surface area contributed by atoms with Gasteiger partial charge in [0, 0.05) is 20.3 Å². The maximum atomic E-state index is 12.2. The lowest BCUT2D eigenvalue weighted by molar-refractivity contribution is -0.143. The van der Waals surface area contributed by atoms with Crippen molar-refractivity contribution in [2.45, 2.75) is 25.6 Å². The molecule has 0 radical (unpaired) electrons. The molecule has 1 heterocycles. The van der Waals surface area contributed by atoms with E-state index in [4.69, 9.17) is 4.74 Å². The highest BCUT2D eigenvalue weighted by Gasteiger charge is 2.29. The average molecular weight is 358 g/mol. The minimum atomic E-state index is -4.48. The monoisotopic (exact) mass is 357 g/mol. The van der Waals surface area contributed by atoms with Crippen LogP contribution in [0, 0.1) is 0 Å². The molecular weight excluding hydrogens is 343 g/mol. The zero-order valence-electron chi connectivity index (χ0n) is 10.8. The van der Waals surface area contributed by atoms with E-state index in [2.05, 4.69) is 26.3 Å². The molecule has 5 nitrogen and oxygen atoms in total. The van der Waals surface area contributed by atoms with Crippen LogP contribution in [0.5, 0.6) is 0 Å². The maximum absolute atomic E-state index is 12.2. The van der Waals surface area contributed by atoms with Gasteiger partial charge in [-0.05, 0) is 28.8 Å². The number of ether oxygens (including phenoxy) is 1. The topological polar surface area (TPSA) is 56.1 Å². The summed E-state index contributed by atoms with van der Waals surface area (Å²) in [4.78, 5) is 11.7. The average Bonchev–Trinajstić information content (AvgIpc) is 2.36. The van der Waals surface area contributed by atoms with Crippen LogP contribution in [-0.4, -0.2) is 36.2 Å². The number of hydrogen-bond acceptors (Lipinski definition) is 4. The summed E-state index contributed by atoms with van der Waals surface area (Å²) in [5.74, 6) is 0. The van der Waals surface area contributed by atoms with Gasteiger partial charge in [-0.15, -0.1) is 0 Å². The third-order valence-electron chi connectivity index (χ3n) is 2.40. The number of alkyl halides is 3. The number of rotatable bonds is 7. The molecule has 0 unspecified atom stereocenters. The van der Waals surface area contributed by atoms with Gasteiger partial charge in [-0.1, -0.05) is 0 Å². The van der Waals surface area contributed by atoms with Crippen molar-refractivity contribution in [3.05, 3.63) is 21.0 Å². The lowest BCUT2D eigenvalue weighted by Crippen LogP contribution is -2.31. The van der Waals surface area contributed by atoms with E-state index in [-0.39, 0.29) is 4.47 Å². The Hall–Kier alpha value is -1.09. The standard InChI is InChI=1S/C11H15BrF3N3O2/c1-20-5-3-2-4-16-8-6-17-18(7-11(13,14)15)10(19)9(8)12/h6,16H,2-5,7H2,1H3. The maximum Gasteiger partial charge on any atom is 0.408 e. The second-order valence-corrected chi connectivity index (χ2v) is 4.87. The van der Waals surface area contributed by atoms with Gasteiger partial charge in [-0.3, -0.25) is 4.79 Å². The molecular formula is C11H15BrF3N3O2. The number of aromatic nitrogens is 2. The van der Waals surface area contributed by atoms with Gasteiger partial charge in [0.05, 0.1) is 11.9 Å². The first-order valence-corrected chi connectivity index (χ1v) is 6.69. The van der Waals surface area contributed by atoms with Crippen LogP contribution in [-0.2, 0) is 11.3 Å². The fourth-order valence-electron chi connectivity index (χ4n) is 1.47. The highest BCUT2D eigenvalue weighted by molar-refractivity contribution is 9.10. The highest BCUT2D eigenvalue weighted by Crippen LogP contribution is 2.19. The minimum Gasteiger partial charge on any atom is -0.385 e. The summed E-state index contributed by atoms with van der Waals surface area (Å²) in [6, 6.07) is 0. The molecule has 0 saturated heterocycles. The predicted molar refractivity (Wildman–Crippen MR) is 71.9 cm³/mol. The van der Waals surface area contributed by atoms with Gasteiger partial charge in [0.2, 0.25) is 0 Å². The Labute approximate surface area is 122 Å². The van der Waals surface area contributed by atoms with Crippen molar-refractivity contribution < 1.29 is 17.9 Å². The summed E-state index contributed by atoms with van der Waals surface area (Å²) >= 11 is 2.99. The molecule has 0 fully saturated rings. The number of unbranched alkanes of at least 4 members (excludes halogenated alkanes) is 1. The third kappa shape index (κ3) is 5.49. The van der Waals surface area contributed by atoms with E-state index in [1.54, 1.807) is 7.11 Å². The lowest BCUT2D eigenvalue weighted by Gasteiger charge is -2.11. The Morgan fingerprint density at radius 2 is 2.15 bits per heavy atom. The molecule has 1 rings (SSSR count). The molecule has 9 heteroatoms. The number of methoxy groups -OCH3 is 1. The quantitative estimate of drug-likeness (QED) is 0.761. The van der Waals surface area contributed by atoms with Gasteiger partial charge in [0.15, 0.2) is 0 Å². The number of nitrogens with one attached hydrogen (secondary N) is 1. The van der Waals surface area contributed by atoms with Crippen LogP contribution in [0.2, 0.25) is 0 Å². The fraction of sp³-hybridized carbons (Fsp3) is 0.636. The van der Waals surface area contributed by atoms with Gasteiger partial charge in [0.1, 0.15) is 11.0 Å². The summed E-state index contributed by atoms with van der Waals surface area (Å²) in [6.45, 7) is -0.195.